The largest absolute Gasteiger partial charge is 0.397 e. The van der Waals surface area contributed by atoms with Crippen molar-refractivity contribution in [3.63, 3.8) is 0 Å². The summed E-state index contributed by atoms with van der Waals surface area (Å²) in [6.45, 7) is 0.225. The maximum atomic E-state index is 12.2. The van der Waals surface area contributed by atoms with Gasteiger partial charge in [-0.25, -0.2) is 4.39 Å². The SMILES string of the molecule is NC1=C(F)CNC=C1. The number of halogens is 1. The Morgan fingerprint density at radius 1 is 1.75 bits per heavy atom. The van der Waals surface area contributed by atoms with E-state index in [9.17, 15) is 4.39 Å². The molecule has 1 heterocycles. The molecule has 3 heteroatoms. The Morgan fingerprint density at radius 3 is 2.88 bits per heavy atom. The first-order chi connectivity index (χ1) is 3.80. The van der Waals surface area contributed by atoms with Crippen molar-refractivity contribution in [2.75, 3.05) is 6.54 Å². The molecular weight excluding hydrogens is 107 g/mol. The van der Waals surface area contributed by atoms with E-state index in [-0.39, 0.29) is 18.1 Å². The zero-order valence-electron chi connectivity index (χ0n) is 4.32. The quantitative estimate of drug-likeness (QED) is 0.473. The third-order valence-electron chi connectivity index (χ3n) is 0.951. The van der Waals surface area contributed by atoms with Gasteiger partial charge >= 0.3 is 0 Å². The fourth-order valence-corrected chi connectivity index (χ4v) is 0.490. The molecule has 44 valence electrons. The van der Waals surface area contributed by atoms with Crippen molar-refractivity contribution in [2.24, 2.45) is 5.73 Å². The Labute approximate surface area is 46.9 Å². The molecule has 0 saturated heterocycles. The molecule has 0 atom stereocenters. The van der Waals surface area contributed by atoms with Crippen LogP contribution < -0.4 is 11.1 Å². The first-order valence-corrected chi connectivity index (χ1v) is 2.35. The predicted molar refractivity (Wildman–Crippen MR) is 29.5 cm³/mol. The average Bonchev–Trinajstić information content (AvgIpc) is 1.77. The molecule has 1 rings (SSSR count). The van der Waals surface area contributed by atoms with Crippen molar-refractivity contribution in [3.05, 3.63) is 23.8 Å². The van der Waals surface area contributed by atoms with Crippen molar-refractivity contribution in [1.29, 1.82) is 0 Å². The molecule has 0 bridgehead atoms. The Bertz CT molecular complexity index is 149. The second-order valence-corrected chi connectivity index (χ2v) is 1.57. The normalized spacial score (nSPS) is 18.6. The van der Waals surface area contributed by atoms with E-state index in [1.807, 2.05) is 0 Å². The first-order valence-electron chi connectivity index (χ1n) is 2.35. The number of dihydropyridines is 1. The van der Waals surface area contributed by atoms with E-state index < -0.39 is 0 Å². The van der Waals surface area contributed by atoms with E-state index in [1.165, 1.54) is 6.08 Å². The minimum Gasteiger partial charge on any atom is -0.397 e. The van der Waals surface area contributed by atoms with Gasteiger partial charge in [0.1, 0.15) is 5.83 Å². The van der Waals surface area contributed by atoms with E-state index >= 15 is 0 Å². The molecule has 0 amide bonds. The van der Waals surface area contributed by atoms with Gasteiger partial charge in [0.2, 0.25) is 0 Å². The maximum absolute atomic E-state index is 12.2. The molecule has 0 aromatic heterocycles. The van der Waals surface area contributed by atoms with Gasteiger partial charge in [0.15, 0.2) is 0 Å². The molecule has 1 aliphatic rings. The smallest absolute Gasteiger partial charge is 0.142 e. The number of hydrogen-bond donors (Lipinski definition) is 2. The lowest BCUT2D eigenvalue weighted by molar-refractivity contribution is 0.582. The Kier molecular flexibility index (Phi) is 1.20. The van der Waals surface area contributed by atoms with E-state index in [4.69, 9.17) is 5.73 Å². The third-order valence-corrected chi connectivity index (χ3v) is 0.951. The van der Waals surface area contributed by atoms with Crippen molar-refractivity contribution < 1.29 is 4.39 Å². The summed E-state index contributed by atoms with van der Waals surface area (Å²) >= 11 is 0. The van der Waals surface area contributed by atoms with Gasteiger partial charge in [-0.3, -0.25) is 0 Å². The van der Waals surface area contributed by atoms with Crippen LogP contribution in [-0.4, -0.2) is 6.54 Å². The minimum atomic E-state index is -0.285. The van der Waals surface area contributed by atoms with E-state index in [0.717, 1.165) is 0 Å². The summed E-state index contributed by atoms with van der Waals surface area (Å²) in [5, 5.41) is 2.67. The molecule has 0 unspecified atom stereocenters. The molecule has 2 nitrogen and oxygen atoms in total. The van der Waals surface area contributed by atoms with Gasteiger partial charge in [0.25, 0.3) is 0 Å². The average molecular weight is 114 g/mol. The van der Waals surface area contributed by atoms with Crippen LogP contribution in [0.3, 0.4) is 0 Å². The number of hydrogen-bond acceptors (Lipinski definition) is 2. The fraction of sp³-hybridized carbons (Fsp3) is 0.200. The maximum Gasteiger partial charge on any atom is 0.142 e. The molecule has 0 saturated carbocycles. The molecule has 0 fully saturated rings. The highest BCUT2D eigenvalue weighted by molar-refractivity contribution is 5.22. The molecule has 1 aliphatic heterocycles. The van der Waals surface area contributed by atoms with Crippen molar-refractivity contribution >= 4 is 0 Å². The standard InChI is InChI=1S/C5H7FN2/c6-4-3-8-2-1-5(4)7/h1-2,8H,3,7H2. The van der Waals surface area contributed by atoms with Crippen LogP contribution in [0.4, 0.5) is 4.39 Å². The van der Waals surface area contributed by atoms with Crippen LogP contribution >= 0.6 is 0 Å². The van der Waals surface area contributed by atoms with Gasteiger partial charge in [-0.15, -0.1) is 0 Å². The summed E-state index contributed by atoms with van der Waals surface area (Å²) in [6.07, 6.45) is 3.12. The molecule has 8 heavy (non-hydrogen) atoms. The van der Waals surface area contributed by atoms with Gasteiger partial charge in [0.05, 0.1) is 12.2 Å². The van der Waals surface area contributed by atoms with E-state index in [1.54, 1.807) is 6.20 Å². The topological polar surface area (TPSA) is 38.0 Å². The summed E-state index contributed by atoms with van der Waals surface area (Å²) in [5.74, 6) is -0.285. The van der Waals surface area contributed by atoms with Crippen LogP contribution in [0.15, 0.2) is 23.8 Å². The highest BCUT2D eigenvalue weighted by atomic mass is 19.1. The molecule has 0 radical (unpaired) electrons. The molecule has 0 aliphatic carbocycles. The van der Waals surface area contributed by atoms with Crippen LogP contribution in [0.2, 0.25) is 0 Å². The number of rotatable bonds is 0. The van der Waals surface area contributed by atoms with Crippen LogP contribution in [0.1, 0.15) is 0 Å². The molecule has 3 N–H and O–H groups in total. The van der Waals surface area contributed by atoms with Crippen molar-refractivity contribution in [2.45, 2.75) is 0 Å². The van der Waals surface area contributed by atoms with E-state index in [0.29, 0.717) is 0 Å². The monoisotopic (exact) mass is 114 g/mol. The second kappa shape index (κ2) is 1.86. The zero-order valence-corrected chi connectivity index (χ0v) is 4.32. The zero-order chi connectivity index (χ0) is 5.98. The summed E-state index contributed by atoms with van der Waals surface area (Å²) in [7, 11) is 0. The van der Waals surface area contributed by atoms with Crippen molar-refractivity contribution in [1.82, 2.24) is 5.32 Å². The van der Waals surface area contributed by atoms with Crippen molar-refractivity contribution in [3.8, 4) is 0 Å². The van der Waals surface area contributed by atoms with Crippen LogP contribution in [0.25, 0.3) is 0 Å². The Morgan fingerprint density at radius 2 is 2.50 bits per heavy atom. The summed E-state index contributed by atoms with van der Waals surface area (Å²) in [6, 6.07) is 0. The molecular formula is C5H7FN2. The third kappa shape index (κ3) is 0.804. The van der Waals surface area contributed by atoms with Gasteiger partial charge in [-0.1, -0.05) is 0 Å². The first kappa shape index (κ1) is 5.15. The lowest BCUT2D eigenvalue weighted by atomic mass is 10.3. The Hall–Kier alpha value is -0.990. The molecule has 0 spiro atoms. The van der Waals surface area contributed by atoms with Crippen LogP contribution in [0.5, 0.6) is 0 Å². The van der Waals surface area contributed by atoms with Crippen LogP contribution in [0, 0.1) is 0 Å². The minimum absolute atomic E-state index is 0.225. The summed E-state index contributed by atoms with van der Waals surface area (Å²) in [5.41, 5.74) is 5.38. The summed E-state index contributed by atoms with van der Waals surface area (Å²) in [4.78, 5) is 0. The fourth-order valence-electron chi connectivity index (χ4n) is 0.490. The van der Waals surface area contributed by atoms with Crippen LogP contribution in [-0.2, 0) is 0 Å². The van der Waals surface area contributed by atoms with Gasteiger partial charge in [-0.2, -0.15) is 0 Å². The van der Waals surface area contributed by atoms with Gasteiger partial charge in [0, 0.05) is 0 Å². The summed E-state index contributed by atoms with van der Waals surface area (Å²) < 4.78 is 12.2. The lowest BCUT2D eigenvalue weighted by Crippen LogP contribution is -2.15. The lowest BCUT2D eigenvalue weighted by Gasteiger charge is -2.05. The second-order valence-electron chi connectivity index (χ2n) is 1.57. The predicted octanol–water partition coefficient (Wildman–Crippen LogP) is 0.243. The van der Waals surface area contributed by atoms with Gasteiger partial charge in [-0.05, 0) is 12.3 Å². The Balaban J connectivity index is 2.76. The number of nitrogens with two attached hydrogens (primary N) is 1. The molecule has 0 aromatic rings. The number of allylic oxidation sites excluding steroid dienone is 1. The number of nitrogens with one attached hydrogen (secondary N) is 1. The van der Waals surface area contributed by atoms with Gasteiger partial charge < -0.3 is 11.1 Å². The molecule has 0 aromatic carbocycles. The van der Waals surface area contributed by atoms with E-state index in [2.05, 4.69) is 5.32 Å². The highest BCUT2D eigenvalue weighted by Gasteiger charge is 2.00. The highest BCUT2D eigenvalue weighted by Crippen LogP contribution is 2.03.